The lowest BCUT2D eigenvalue weighted by Gasteiger charge is -2.00. The van der Waals surface area contributed by atoms with Crippen molar-refractivity contribution in [3.63, 3.8) is 0 Å². The Morgan fingerprint density at radius 3 is 1.78 bits per heavy atom. The number of fused-ring (bicyclic) bond motifs is 1. The second-order valence-electron chi connectivity index (χ2n) is 2.50. The molecule has 0 N–H and O–H groups in total. The normalized spacial score (nSPS) is 37.8. The first-order valence-corrected chi connectivity index (χ1v) is 3.62. The fourth-order valence-electron chi connectivity index (χ4n) is 1.38. The van der Waals surface area contributed by atoms with Crippen LogP contribution in [0.15, 0.2) is 13.2 Å². The van der Waals surface area contributed by atoms with Gasteiger partial charge in [-0.15, -0.1) is 13.2 Å². The van der Waals surface area contributed by atoms with E-state index in [2.05, 4.69) is 13.2 Å². The van der Waals surface area contributed by atoms with Crippen molar-refractivity contribution in [2.45, 2.75) is 37.9 Å². The van der Waals surface area contributed by atoms with Crippen molar-refractivity contribution in [1.29, 1.82) is 0 Å². The molecular weight excluding hydrogens is 112 g/mol. The topological polar surface area (TPSA) is 12.5 Å². The quantitative estimate of drug-likeness (QED) is 0.358. The van der Waals surface area contributed by atoms with E-state index in [0.717, 1.165) is 0 Å². The number of ether oxygens (including phenoxy) is 1. The van der Waals surface area contributed by atoms with Gasteiger partial charge in [-0.3, -0.25) is 0 Å². The predicted molar refractivity (Wildman–Crippen MR) is 38.4 cm³/mol. The van der Waals surface area contributed by atoms with E-state index < -0.39 is 0 Å². The molecule has 2 atom stereocenters. The van der Waals surface area contributed by atoms with Crippen molar-refractivity contribution in [3.05, 3.63) is 13.2 Å². The highest BCUT2D eigenvalue weighted by Gasteiger charge is 2.39. The first kappa shape index (κ1) is 6.81. The molecule has 0 amide bonds. The van der Waals surface area contributed by atoms with Crippen LogP contribution in [0.25, 0.3) is 0 Å². The summed E-state index contributed by atoms with van der Waals surface area (Å²) < 4.78 is 5.28. The molecule has 0 bridgehead atoms. The first-order valence-electron chi connectivity index (χ1n) is 3.62. The lowest BCUT2D eigenvalue weighted by molar-refractivity contribution is 0.373. The lowest BCUT2D eigenvalue weighted by Crippen LogP contribution is -2.00. The fraction of sp³-hybridized carbons (Fsp3) is 0.750. The molecule has 9 heavy (non-hydrogen) atoms. The molecule has 2 fully saturated rings. The van der Waals surface area contributed by atoms with Crippen LogP contribution < -0.4 is 0 Å². The van der Waals surface area contributed by atoms with Crippen LogP contribution in [-0.2, 0) is 4.74 Å². The van der Waals surface area contributed by atoms with Crippen LogP contribution in [0.1, 0.15) is 25.7 Å². The van der Waals surface area contributed by atoms with Crippen molar-refractivity contribution >= 4 is 0 Å². The Bertz CT molecular complexity index is 80.6. The summed E-state index contributed by atoms with van der Waals surface area (Å²) in [5.41, 5.74) is 0. The van der Waals surface area contributed by atoms with Gasteiger partial charge in [0.1, 0.15) is 0 Å². The van der Waals surface area contributed by atoms with Gasteiger partial charge < -0.3 is 4.74 Å². The number of epoxide rings is 1. The third-order valence-electron chi connectivity index (χ3n) is 1.91. The molecule has 1 aliphatic heterocycles. The summed E-state index contributed by atoms with van der Waals surface area (Å²) in [6, 6.07) is 0. The molecule has 2 rings (SSSR count). The third kappa shape index (κ3) is 1.55. The summed E-state index contributed by atoms with van der Waals surface area (Å²) in [7, 11) is 0. The Morgan fingerprint density at radius 1 is 1.00 bits per heavy atom. The molecule has 52 valence electrons. The number of hydrogen-bond acceptors (Lipinski definition) is 1. The van der Waals surface area contributed by atoms with Crippen LogP contribution in [0, 0.1) is 0 Å². The fourth-order valence-corrected chi connectivity index (χ4v) is 1.38. The van der Waals surface area contributed by atoms with Gasteiger partial charge in [0.05, 0.1) is 12.2 Å². The molecule has 0 aromatic carbocycles. The molecule has 1 heteroatoms. The van der Waals surface area contributed by atoms with Gasteiger partial charge in [-0.25, -0.2) is 0 Å². The van der Waals surface area contributed by atoms with Crippen molar-refractivity contribution in [1.82, 2.24) is 0 Å². The highest BCUT2D eigenvalue weighted by Crippen LogP contribution is 2.35. The van der Waals surface area contributed by atoms with E-state index in [-0.39, 0.29) is 0 Å². The first-order chi connectivity index (χ1) is 4.47. The van der Waals surface area contributed by atoms with Crippen molar-refractivity contribution in [2.24, 2.45) is 0 Å². The minimum absolute atomic E-state index is 0.703. The molecule has 2 unspecified atom stereocenters. The van der Waals surface area contributed by atoms with Crippen LogP contribution in [0.4, 0.5) is 0 Å². The Morgan fingerprint density at radius 2 is 1.44 bits per heavy atom. The van der Waals surface area contributed by atoms with Crippen molar-refractivity contribution in [3.8, 4) is 0 Å². The van der Waals surface area contributed by atoms with Crippen LogP contribution in [-0.4, -0.2) is 12.2 Å². The second kappa shape index (κ2) is 3.02. The maximum atomic E-state index is 5.28. The summed E-state index contributed by atoms with van der Waals surface area (Å²) in [5.74, 6) is 0. The summed E-state index contributed by atoms with van der Waals surface area (Å²) in [5, 5.41) is 0. The Hall–Kier alpha value is -0.300. The molecule has 2 aliphatic rings. The molecule has 0 spiro atoms. The molecular formula is C8H14O. The average Bonchev–Trinajstić information content (AvgIpc) is 2.69. The highest BCUT2D eigenvalue weighted by molar-refractivity contribution is 4.87. The van der Waals surface area contributed by atoms with E-state index in [0.29, 0.717) is 12.2 Å². The molecule has 0 aromatic rings. The monoisotopic (exact) mass is 126 g/mol. The van der Waals surface area contributed by atoms with E-state index >= 15 is 0 Å². The van der Waals surface area contributed by atoms with Gasteiger partial charge in [0, 0.05) is 0 Å². The van der Waals surface area contributed by atoms with E-state index in [9.17, 15) is 0 Å². The standard InChI is InChI=1S/C6H10O.C2H4/c1-2-4-6-5(3-1)7-6;1-2/h5-6H,1-4H2;1-2H2. The number of hydrogen-bond donors (Lipinski definition) is 0. The summed E-state index contributed by atoms with van der Waals surface area (Å²) in [6.07, 6.45) is 6.89. The van der Waals surface area contributed by atoms with Gasteiger partial charge in [-0.2, -0.15) is 0 Å². The highest BCUT2D eigenvalue weighted by atomic mass is 16.6. The number of rotatable bonds is 0. The summed E-state index contributed by atoms with van der Waals surface area (Å²) in [4.78, 5) is 0. The minimum atomic E-state index is 0.703. The zero-order valence-corrected chi connectivity index (χ0v) is 5.81. The largest absolute Gasteiger partial charge is 0.370 e. The van der Waals surface area contributed by atoms with Crippen molar-refractivity contribution < 1.29 is 4.74 Å². The van der Waals surface area contributed by atoms with Crippen LogP contribution in [0.3, 0.4) is 0 Å². The molecule has 1 nitrogen and oxygen atoms in total. The van der Waals surface area contributed by atoms with E-state index in [1.165, 1.54) is 25.7 Å². The maximum absolute atomic E-state index is 5.28. The summed E-state index contributed by atoms with van der Waals surface area (Å²) in [6.45, 7) is 6.00. The van der Waals surface area contributed by atoms with E-state index in [1.807, 2.05) is 0 Å². The molecule has 1 saturated heterocycles. The zero-order chi connectivity index (χ0) is 6.69. The van der Waals surface area contributed by atoms with Gasteiger partial charge in [-0.1, -0.05) is 12.8 Å². The van der Waals surface area contributed by atoms with Crippen LogP contribution in [0.2, 0.25) is 0 Å². The minimum Gasteiger partial charge on any atom is -0.370 e. The molecule has 1 saturated carbocycles. The molecule has 1 heterocycles. The molecule has 1 aliphatic carbocycles. The van der Waals surface area contributed by atoms with Crippen molar-refractivity contribution in [2.75, 3.05) is 0 Å². The Kier molecular flexibility index (Phi) is 2.29. The SMILES string of the molecule is C1CCC2OC2C1.C=C. The van der Waals surface area contributed by atoms with Crippen LogP contribution in [0.5, 0.6) is 0 Å². The van der Waals surface area contributed by atoms with E-state index in [4.69, 9.17) is 4.74 Å². The van der Waals surface area contributed by atoms with Gasteiger partial charge in [0.15, 0.2) is 0 Å². The van der Waals surface area contributed by atoms with Gasteiger partial charge in [-0.05, 0) is 12.8 Å². The molecule has 0 aromatic heterocycles. The maximum Gasteiger partial charge on any atom is 0.0841 e. The third-order valence-corrected chi connectivity index (χ3v) is 1.91. The average molecular weight is 126 g/mol. The second-order valence-corrected chi connectivity index (χ2v) is 2.50. The van der Waals surface area contributed by atoms with Gasteiger partial charge >= 0.3 is 0 Å². The Labute approximate surface area is 56.7 Å². The zero-order valence-electron chi connectivity index (χ0n) is 5.81. The van der Waals surface area contributed by atoms with Gasteiger partial charge in [0.25, 0.3) is 0 Å². The molecule has 0 radical (unpaired) electrons. The smallest absolute Gasteiger partial charge is 0.0841 e. The predicted octanol–water partition coefficient (Wildman–Crippen LogP) is 2.13. The summed E-state index contributed by atoms with van der Waals surface area (Å²) >= 11 is 0. The van der Waals surface area contributed by atoms with Crippen LogP contribution >= 0.6 is 0 Å². The van der Waals surface area contributed by atoms with Gasteiger partial charge in [0.2, 0.25) is 0 Å². The Balaban J connectivity index is 0.000000186. The lowest BCUT2D eigenvalue weighted by atomic mass is 10.0. The van der Waals surface area contributed by atoms with E-state index in [1.54, 1.807) is 0 Å².